The minimum Gasteiger partial charge on any atom is -0.385 e. The normalized spacial score (nSPS) is 17.0. The highest BCUT2D eigenvalue weighted by molar-refractivity contribution is 6.42. The van der Waals surface area contributed by atoms with Crippen molar-refractivity contribution >= 4 is 35.2 Å². The number of likely N-dealkylation sites (tertiary alicyclic amines) is 1. The maximum Gasteiger partial charge on any atom is 0.246 e. The van der Waals surface area contributed by atoms with Crippen LogP contribution in [0.15, 0.2) is 54.6 Å². The van der Waals surface area contributed by atoms with Gasteiger partial charge in [0.2, 0.25) is 5.91 Å². The quantitative estimate of drug-likeness (QED) is 0.801. The number of benzene rings is 2. The fourth-order valence-electron chi connectivity index (χ4n) is 3.02. The van der Waals surface area contributed by atoms with Crippen LogP contribution in [0.2, 0.25) is 10.0 Å². The molecule has 3 rings (SSSR count). The van der Waals surface area contributed by atoms with E-state index in [1.807, 2.05) is 36.4 Å². The van der Waals surface area contributed by atoms with Gasteiger partial charge in [0.1, 0.15) is 0 Å². The summed E-state index contributed by atoms with van der Waals surface area (Å²) in [5.74, 6) is -0.0683. The largest absolute Gasteiger partial charge is 0.385 e. The predicted octanol–water partition coefficient (Wildman–Crippen LogP) is 4.52. The second-order valence-corrected chi connectivity index (χ2v) is 7.04. The molecule has 1 fully saturated rings. The van der Waals surface area contributed by atoms with Crippen LogP contribution in [0.25, 0.3) is 6.08 Å². The number of hydrogen-bond donors (Lipinski definition) is 1. The van der Waals surface area contributed by atoms with E-state index in [-0.39, 0.29) is 5.91 Å². The molecule has 1 N–H and O–H groups in total. The summed E-state index contributed by atoms with van der Waals surface area (Å²) in [6.07, 6.45) is 4.32. The highest BCUT2D eigenvalue weighted by Crippen LogP contribution is 2.32. The third-order valence-electron chi connectivity index (χ3n) is 4.58. The zero-order valence-electron chi connectivity index (χ0n) is 13.7. The number of piperidine rings is 1. The van der Waals surface area contributed by atoms with Crippen LogP contribution in [0, 0.1) is 0 Å². The molecule has 2 aromatic carbocycles. The Morgan fingerprint density at radius 2 is 1.72 bits per heavy atom. The predicted molar refractivity (Wildman–Crippen MR) is 102 cm³/mol. The smallest absolute Gasteiger partial charge is 0.246 e. The molecule has 2 aromatic rings. The van der Waals surface area contributed by atoms with Gasteiger partial charge in [-0.05, 0) is 42.2 Å². The second-order valence-electron chi connectivity index (χ2n) is 6.23. The molecule has 0 radical (unpaired) electrons. The number of rotatable bonds is 3. The first-order valence-electron chi connectivity index (χ1n) is 8.18. The molecular weight excluding hydrogens is 357 g/mol. The molecule has 1 heterocycles. The van der Waals surface area contributed by atoms with Gasteiger partial charge in [-0.25, -0.2) is 0 Å². The van der Waals surface area contributed by atoms with Crippen LogP contribution in [0.5, 0.6) is 0 Å². The molecule has 0 bridgehead atoms. The maximum absolute atomic E-state index is 12.4. The van der Waals surface area contributed by atoms with E-state index in [0.29, 0.717) is 36.0 Å². The molecule has 1 amide bonds. The van der Waals surface area contributed by atoms with Crippen molar-refractivity contribution in [1.82, 2.24) is 4.90 Å². The van der Waals surface area contributed by atoms with Crippen molar-refractivity contribution in [3.8, 4) is 0 Å². The standard InChI is InChI=1S/C20H19Cl2NO2/c21-17-8-6-15(14-18(17)22)7-9-19(24)23-12-10-20(25,11-13-23)16-4-2-1-3-5-16/h1-9,14,25H,10-13H2/b9-7+. The molecule has 1 saturated heterocycles. The Balaban J connectivity index is 1.61. The van der Waals surface area contributed by atoms with Crippen LogP contribution >= 0.6 is 23.2 Å². The van der Waals surface area contributed by atoms with Gasteiger partial charge in [-0.2, -0.15) is 0 Å². The minimum absolute atomic E-state index is 0.0683. The first kappa shape index (κ1) is 18.0. The Morgan fingerprint density at radius 1 is 1.04 bits per heavy atom. The van der Waals surface area contributed by atoms with Gasteiger partial charge in [-0.15, -0.1) is 0 Å². The van der Waals surface area contributed by atoms with Crippen molar-refractivity contribution < 1.29 is 9.90 Å². The second kappa shape index (κ2) is 7.61. The SMILES string of the molecule is O=C(/C=C/c1ccc(Cl)c(Cl)c1)N1CCC(O)(c2ccccc2)CC1. The molecule has 0 aliphatic carbocycles. The van der Waals surface area contributed by atoms with E-state index < -0.39 is 5.60 Å². The van der Waals surface area contributed by atoms with E-state index in [1.165, 1.54) is 6.08 Å². The Hall–Kier alpha value is -1.81. The number of nitrogens with zero attached hydrogens (tertiary/aromatic N) is 1. The molecule has 0 aromatic heterocycles. The zero-order valence-corrected chi connectivity index (χ0v) is 15.2. The number of carbonyl (C=O) groups excluding carboxylic acids is 1. The molecule has 1 aliphatic heterocycles. The molecule has 130 valence electrons. The fourth-order valence-corrected chi connectivity index (χ4v) is 3.33. The van der Waals surface area contributed by atoms with Gasteiger partial charge in [0, 0.05) is 19.2 Å². The van der Waals surface area contributed by atoms with E-state index in [2.05, 4.69) is 0 Å². The van der Waals surface area contributed by atoms with E-state index >= 15 is 0 Å². The van der Waals surface area contributed by atoms with Crippen LogP contribution in [0.4, 0.5) is 0 Å². The van der Waals surface area contributed by atoms with Crippen molar-refractivity contribution in [3.63, 3.8) is 0 Å². The van der Waals surface area contributed by atoms with Crippen LogP contribution < -0.4 is 0 Å². The van der Waals surface area contributed by atoms with Crippen molar-refractivity contribution in [2.75, 3.05) is 13.1 Å². The summed E-state index contributed by atoms with van der Waals surface area (Å²) in [4.78, 5) is 14.1. The summed E-state index contributed by atoms with van der Waals surface area (Å²) >= 11 is 11.9. The lowest BCUT2D eigenvalue weighted by Gasteiger charge is -2.38. The van der Waals surface area contributed by atoms with Gasteiger partial charge < -0.3 is 10.0 Å². The molecule has 1 aliphatic rings. The third kappa shape index (κ3) is 4.24. The average molecular weight is 376 g/mol. The van der Waals surface area contributed by atoms with Gasteiger partial charge in [-0.3, -0.25) is 4.79 Å². The van der Waals surface area contributed by atoms with E-state index in [1.54, 1.807) is 23.1 Å². The number of aliphatic hydroxyl groups is 1. The monoisotopic (exact) mass is 375 g/mol. The molecule has 0 atom stereocenters. The Labute approximate surface area is 157 Å². The van der Waals surface area contributed by atoms with E-state index in [9.17, 15) is 9.90 Å². The molecule has 25 heavy (non-hydrogen) atoms. The molecule has 3 nitrogen and oxygen atoms in total. The molecule has 0 spiro atoms. The fraction of sp³-hybridized carbons (Fsp3) is 0.250. The van der Waals surface area contributed by atoms with Crippen LogP contribution in [-0.4, -0.2) is 29.0 Å². The van der Waals surface area contributed by atoms with Crippen molar-refractivity contribution in [2.24, 2.45) is 0 Å². The topological polar surface area (TPSA) is 40.5 Å². The molecule has 5 heteroatoms. The highest BCUT2D eigenvalue weighted by Gasteiger charge is 2.34. The molecule has 0 saturated carbocycles. The summed E-state index contributed by atoms with van der Waals surface area (Å²) in [6, 6.07) is 14.9. The number of amides is 1. The lowest BCUT2D eigenvalue weighted by atomic mass is 9.84. The minimum atomic E-state index is -0.856. The highest BCUT2D eigenvalue weighted by atomic mass is 35.5. The summed E-state index contributed by atoms with van der Waals surface area (Å²) in [7, 11) is 0. The van der Waals surface area contributed by atoms with Crippen molar-refractivity contribution in [2.45, 2.75) is 18.4 Å². The number of carbonyl (C=O) groups is 1. The Kier molecular flexibility index (Phi) is 5.48. The van der Waals surface area contributed by atoms with Gasteiger partial charge in [0.15, 0.2) is 0 Å². The summed E-state index contributed by atoms with van der Waals surface area (Å²) in [6.45, 7) is 1.05. The lowest BCUT2D eigenvalue weighted by Crippen LogP contribution is -2.44. The van der Waals surface area contributed by atoms with E-state index in [4.69, 9.17) is 23.2 Å². The Bertz CT molecular complexity index is 782. The number of halogens is 2. The number of hydrogen-bond acceptors (Lipinski definition) is 2. The summed E-state index contributed by atoms with van der Waals surface area (Å²) in [5, 5.41) is 11.8. The first-order valence-corrected chi connectivity index (χ1v) is 8.93. The van der Waals surface area contributed by atoms with Crippen molar-refractivity contribution in [1.29, 1.82) is 0 Å². The van der Waals surface area contributed by atoms with E-state index in [0.717, 1.165) is 11.1 Å². The average Bonchev–Trinajstić information content (AvgIpc) is 2.64. The summed E-state index contributed by atoms with van der Waals surface area (Å²) < 4.78 is 0. The zero-order chi connectivity index (χ0) is 17.9. The molecular formula is C20H19Cl2NO2. The Morgan fingerprint density at radius 3 is 2.36 bits per heavy atom. The first-order chi connectivity index (χ1) is 12.0. The third-order valence-corrected chi connectivity index (χ3v) is 5.31. The van der Waals surface area contributed by atoms with Gasteiger partial charge >= 0.3 is 0 Å². The van der Waals surface area contributed by atoms with Gasteiger partial charge in [-0.1, -0.05) is 59.6 Å². The van der Waals surface area contributed by atoms with Gasteiger partial charge in [0.05, 0.1) is 15.6 Å². The maximum atomic E-state index is 12.4. The summed E-state index contributed by atoms with van der Waals surface area (Å²) in [5.41, 5.74) is 0.875. The van der Waals surface area contributed by atoms with Crippen LogP contribution in [-0.2, 0) is 10.4 Å². The van der Waals surface area contributed by atoms with Crippen molar-refractivity contribution in [3.05, 3.63) is 75.8 Å². The van der Waals surface area contributed by atoms with Crippen LogP contribution in [0.1, 0.15) is 24.0 Å². The van der Waals surface area contributed by atoms with Gasteiger partial charge in [0.25, 0.3) is 0 Å². The lowest BCUT2D eigenvalue weighted by molar-refractivity contribution is -0.130. The molecule has 0 unspecified atom stereocenters. The van der Waals surface area contributed by atoms with Crippen LogP contribution in [0.3, 0.4) is 0 Å².